The predicted octanol–water partition coefficient (Wildman–Crippen LogP) is 1.42. The second kappa shape index (κ2) is 10.0. The van der Waals surface area contributed by atoms with Gasteiger partial charge in [-0.1, -0.05) is 12.1 Å². The van der Waals surface area contributed by atoms with Gasteiger partial charge in [-0.05, 0) is 38.5 Å². The van der Waals surface area contributed by atoms with Crippen LogP contribution in [0.3, 0.4) is 0 Å². The lowest BCUT2D eigenvalue weighted by Crippen LogP contribution is -2.50. The summed E-state index contributed by atoms with van der Waals surface area (Å²) in [6, 6.07) is 6.62. The number of carbonyl (C=O) groups is 2. The van der Waals surface area contributed by atoms with Gasteiger partial charge in [0.1, 0.15) is 5.60 Å². The number of rotatable bonds is 5. The van der Waals surface area contributed by atoms with E-state index < -0.39 is 22.6 Å². The normalized spacial score (nSPS) is 14.7. The number of nitrogens with one attached hydrogen (secondary N) is 1. The molecule has 3 rings (SSSR count). The van der Waals surface area contributed by atoms with Crippen LogP contribution in [-0.4, -0.2) is 70.5 Å². The van der Waals surface area contributed by atoms with Gasteiger partial charge >= 0.3 is 17.6 Å². The molecule has 0 bridgehead atoms. The Balaban J connectivity index is 1.61. The largest absolute Gasteiger partial charge is 0.465 e. The Kier molecular flexibility index (Phi) is 7.37. The number of piperazine rings is 1. The maximum Gasteiger partial charge on any atom is 0.410 e. The monoisotopic (exact) mass is 458 g/mol. The number of hydrogen-bond acceptors (Lipinski definition) is 7. The first-order valence-corrected chi connectivity index (χ1v) is 10.8. The van der Waals surface area contributed by atoms with Gasteiger partial charge in [0.2, 0.25) is 0 Å². The number of H-pyrrole nitrogens is 1. The molecule has 0 saturated carbocycles. The molecule has 1 amide bonds. The fraction of sp³-hybridized carbons (Fsp3) is 0.478. The molecule has 1 aliphatic heterocycles. The Labute approximate surface area is 191 Å². The zero-order valence-electron chi connectivity index (χ0n) is 19.4. The summed E-state index contributed by atoms with van der Waals surface area (Å²) >= 11 is 0. The second-order valence-electron chi connectivity index (χ2n) is 8.95. The molecule has 10 heteroatoms. The molecular weight excluding hydrogens is 428 g/mol. The van der Waals surface area contributed by atoms with E-state index in [4.69, 9.17) is 4.74 Å². The van der Waals surface area contributed by atoms with Crippen LogP contribution in [0.4, 0.5) is 4.79 Å². The third-order valence-electron chi connectivity index (χ3n) is 5.26. The average molecular weight is 459 g/mol. The number of hydrogen-bond donors (Lipinski definition) is 1. The first-order chi connectivity index (χ1) is 15.6. The van der Waals surface area contributed by atoms with Crippen molar-refractivity contribution in [2.24, 2.45) is 0 Å². The van der Waals surface area contributed by atoms with E-state index in [1.54, 1.807) is 35.4 Å². The van der Waals surface area contributed by atoms with Gasteiger partial charge in [-0.15, -0.1) is 0 Å². The summed E-state index contributed by atoms with van der Waals surface area (Å²) in [6.45, 7) is 8.11. The fourth-order valence-corrected chi connectivity index (χ4v) is 3.48. The molecule has 0 radical (unpaired) electrons. The van der Waals surface area contributed by atoms with Crippen molar-refractivity contribution in [2.75, 3.05) is 33.3 Å². The highest BCUT2D eigenvalue weighted by Crippen LogP contribution is 2.12. The number of nitrogens with zero attached hydrogens (tertiary/aromatic N) is 3. The average Bonchev–Trinajstić information content (AvgIpc) is 2.78. The molecule has 1 fully saturated rings. The number of benzene rings is 1. The molecule has 0 aliphatic carbocycles. The Morgan fingerprint density at radius 2 is 1.64 bits per heavy atom. The Bertz CT molecular complexity index is 1110. The van der Waals surface area contributed by atoms with Gasteiger partial charge in [0, 0.05) is 44.5 Å². The van der Waals surface area contributed by atoms with Crippen LogP contribution in [0.5, 0.6) is 0 Å². The summed E-state index contributed by atoms with van der Waals surface area (Å²) in [7, 11) is 1.31. The zero-order chi connectivity index (χ0) is 24.2. The summed E-state index contributed by atoms with van der Waals surface area (Å²) in [6.07, 6.45) is 1.20. The maximum atomic E-state index is 12.6. The van der Waals surface area contributed by atoms with Gasteiger partial charge in [-0.25, -0.2) is 14.3 Å². The first-order valence-electron chi connectivity index (χ1n) is 10.8. The van der Waals surface area contributed by atoms with Crippen LogP contribution in [0.25, 0.3) is 0 Å². The zero-order valence-corrected chi connectivity index (χ0v) is 19.4. The van der Waals surface area contributed by atoms with E-state index >= 15 is 0 Å². The molecule has 2 heterocycles. The van der Waals surface area contributed by atoms with E-state index in [0.717, 1.165) is 5.56 Å². The van der Waals surface area contributed by atoms with E-state index in [2.05, 4.69) is 9.84 Å². The smallest absolute Gasteiger partial charge is 0.410 e. The quantitative estimate of drug-likeness (QED) is 0.532. The van der Waals surface area contributed by atoms with Crippen LogP contribution in [0.2, 0.25) is 0 Å². The summed E-state index contributed by atoms with van der Waals surface area (Å²) in [4.78, 5) is 52.6. The van der Waals surface area contributed by atoms with E-state index in [-0.39, 0.29) is 12.6 Å². The SMILES string of the molecule is COC(=O)c1ccc(Cn2[nH]cc(CN3CCN(C(=O)OC(C)(C)C)CC3)c(=O)c2=O)cc1. The minimum atomic E-state index is -0.642. The molecule has 0 atom stereocenters. The van der Waals surface area contributed by atoms with Crippen LogP contribution in [-0.2, 0) is 22.6 Å². The Morgan fingerprint density at radius 1 is 1.00 bits per heavy atom. The molecular formula is C23H30N4O6. The molecule has 2 aromatic rings. The number of aromatic amines is 1. The second-order valence-corrected chi connectivity index (χ2v) is 8.95. The van der Waals surface area contributed by atoms with Gasteiger partial charge in [-0.2, -0.15) is 0 Å². The Hall–Kier alpha value is -3.40. The van der Waals surface area contributed by atoms with Crippen molar-refractivity contribution in [3.63, 3.8) is 0 Å². The highest BCUT2D eigenvalue weighted by Gasteiger charge is 2.26. The molecule has 10 nitrogen and oxygen atoms in total. The summed E-state index contributed by atoms with van der Waals surface area (Å²) in [5.74, 6) is -0.441. The van der Waals surface area contributed by atoms with Crippen molar-refractivity contribution in [3.05, 3.63) is 67.7 Å². The lowest BCUT2D eigenvalue weighted by Gasteiger charge is -2.35. The van der Waals surface area contributed by atoms with Crippen LogP contribution < -0.4 is 11.0 Å². The van der Waals surface area contributed by atoms with Crippen LogP contribution in [0.15, 0.2) is 40.1 Å². The molecule has 1 N–H and O–H groups in total. The molecule has 1 aromatic carbocycles. The number of aromatic nitrogens is 2. The standard InChI is InChI=1S/C23H30N4O6/c1-23(2,3)33-22(31)26-11-9-25(10-12-26)15-18-13-24-27(20(29)19(18)28)14-16-5-7-17(8-6-16)21(30)32-4/h5-8,13,24H,9-12,14-15H2,1-4H3. The lowest BCUT2D eigenvalue weighted by molar-refractivity contribution is 0.0138. The molecule has 1 saturated heterocycles. The lowest BCUT2D eigenvalue weighted by atomic mass is 10.1. The van der Waals surface area contributed by atoms with Crippen LogP contribution in [0, 0.1) is 0 Å². The fourth-order valence-electron chi connectivity index (χ4n) is 3.48. The van der Waals surface area contributed by atoms with Gasteiger partial charge in [0.05, 0.1) is 19.2 Å². The maximum absolute atomic E-state index is 12.6. The highest BCUT2D eigenvalue weighted by atomic mass is 16.6. The third kappa shape index (κ3) is 6.32. The topological polar surface area (TPSA) is 114 Å². The Morgan fingerprint density at radius 3 is 2.21 bits per heavy atom. The van der Waals surface area contributed by atoms with Gasteiger partial charge in [-0.3, -0.25) is 14.5 Å². The number of esters is 1. The molecule has 33 heavy (non-hydrogen) atoms. The van der Waals surface area contributed by atoms with Crippen molar-refractivity contribution < 1.29 is 19.1 Å². The molecule has 1 aromatic heterocycles. The summed E-state index contributed by atoms with van der Waals surface area (Å²) < 4.78 is 11.3. The number of ether oxygens (including phenoxy) is 2. The summed E-state index contributed by atoms with van der Waals surface area (Å²) in [5, 5.41) is 2.89. The predicted molar refractivity (Wildman–Crippen MR) is 121 cm³/mol. The highest BCUT2D eigenvalue weighted by molar-refractivity contribution is 5.89. The number of methoxy groups -OCH3 is 1. The minimum absolute atomic E-state index is 0.171. The van der Waals surface area contributed by atoms with Gasteiger partial charge < -0.3 is 19.5 Å². The van der Waals surface area contributed by atoms with E-state index in [1.807, 2.05) is 25.7 Å². The number of carbonyl (C=O) groups excluding carboxylic acids is 2. The molecule has 178 valence electrons. The summed E-state index contributed by atoms with van der Waals surface area (Å²) in [5.41, 5.74) is -0.209. The molecule has 1 aliphatic rings. The molecule has 0 spiro atoms. The first kappa shape index (κ1) is 24.2. The van der Waals surface area contributed by atoms with Crippen LogP contribution >= 0.6 is 0 Å². The minimum Gasteiger partial charge on any atom is -0.465 e. The van der Waals surface area contributed by atoms with Crippen molar-refractivity contribution in [2.45, 2.75) is 39.5 Å². The van der Waals surface area contributed by atoms with Gasteiger partial charge in [0.25, 0.3) is 5.43 Å². The van der Waals surface area contributed by atoms with Crippen molar-refractivity contribution in [3.8, 4) is 0 Å². The number of amides is 1. The van der Waals surface area contributed by atoms with E-state index in [9.17, 15) is 19.2 Å². The van der Waals surface area contributed by atoms with Crippen molar-refractivity contribution in [1.29, 1.82) is 0 Å². The molecule has 0 unspecified atom stereocenters. The van der Waals surface area contributed by atoms with Gasteiger partial charge in [0.15, 0.2) is 0 Å². The van der Waals surface area contributed by atoms with Crippen molar-refractivity contribution >= 4 is 12.1 Å². The third-order valence-corrected chi connectivity index (χ3v) is 5.26. The van der Waals surface area contributed by atoms with Crippen LogP contribution in [0.1, 0.15) is 42.3 Å². The van der Waals surface area contributed by atoms with E-state index in [1.165, 1.54) is 11.8 Å². The van der Waals surface area contributed by atoms with Crippen molar-refractivity contribution in [1.82, 2.24) is 19.6 Å². The van der Waals surface area contributed by atoms with E-state index in [0.29, 0.717) is 43.9 Å².